The summed E-state index contributed by atoms with van der Waals surface area (Å²) < 4.78 is 25.2. The number of rotatable bonds is 4. The average molecular weight is 349 g/mol. The third kappa shape index (κ3) is 5.96. The van der Waals surface area contributed by atoms with Crippen LogP contribution < -0.4 is 0 Å². The standard InChI is InChI=1S/C9H7ClFN.C9H8FNO/c10-4-3-7-1-2-9(11)5-8(7)6-12;10-9-2-1-7(3-4-12)8(5-9)6-11/h1-2,5H,3-4H2;1-2,5,12H,3-4H2. The minimum absolute atomic E-state index is 0.0275. The first-order chi connectivity index (χ1) is 11.5. The Balaban J connectivity index is 0.000000240. The number of alkyl halides is 1. The third-order valence-electron chi connectivity index (χ3n) is 3.13. The highest BCUT2D eigenvalue weighted by Gasteiger charge is 2.02. The lowest BCUT2D eigenvalue weighted by molar-refractivity contribution is 0.299. The maximum absolute atomic E-state index is 12.6. The van der Waals surface area contributed by atoms with E-state index in [-0.39, 0.29) is 12.4 Å². The van der Waals surface area contributed by atoms with Crippen molar-refractivity contribution in [1.82, 2.24) is 0 Å². The van der Waals surface area contributed by atoms with Crippen LogP contribution in [0.3, 0.4) is 0 Å². The van der Waals surface area contributed by atoms with Gasteiger partial charge in [0.1, 0.15) is 11.6 Å². The molecule has 0 aromatic heterocycles. The van der Waals surface area contributed by atoms with E-state index in [0.29, 0.717) is 35.4 Å². The fraction of sp³-hybridized carbons (Fsp3) is 0.222. The number of hydrogen-bond donors (Lipinski definition) is 1. The summed E-state index contributed by atoms with van der Waals surface area (Å²) >= 11 is 5.50. The van der Waals surface area contributed by atoms with Gasteiger partial charge in [0.2, 0.25) is 0 Å². The molecule has 0 radical (unpaired) electrons. The van der Waals surface area contributed by atoms with Gasteiger partial charge in [-0.25, -0.2) is 8.78 Å². The molecule has 2 rings (SSSR count). The quantitative estimate of drug-likeness (QED) is 0.856. The molecule has 124 valence electrons. The number of nitriles is 2. The van der Waals surface area contributed by atoms with Gasteiger partial charge >= 0.3 is 0 Å². The van der Waals surface area contributed by atoms with E-state index in [1.807, 2.05) is 12.1 Å². The highest BCUT2D eigenvalue weighted by Crippen LogP contribution is 2.11. The molecule has 2 aromatic rings. The number of halogens is 3. The monoisotopic (exact) mass is 348 g/mol. The van der Waals surface area contributed by atoms with Gasteiger partial charge in [-0.15, -0.1) is 11.6 Å². The Kier molecular flexibility index (Phi) is 8.43. The normalized spacial score (nSPS) is 9.42. The summed E-state index contributed by atoms with van der Waals surface area (Å²) in [5.74, 6) is -0.363. The van der Waals surface area contributed by atoms with Gasteiger partial charge < -0.3 is 5.11 Å². The van der Waals surface area contributed by atoms with Crippen molar-refractivity contribution in [3.8, 4) is 12.1 Å². The van der Waals surface area contributed by atoms with Crippen molar-refractivity contribution in [1.29, 1.82) is 10.5 Å². The molecule has 0 atom stereocenters. The summed E-state index contributed by atoms with van der Waals surface area (Å²) in [7, 11) is 0. The summed E-state index contributed by atoms with van der Waals surface area (Å²) in [6.07, 6.45) is 0.994. The predicted molar refractivity (Wildman–Crippen MR) is 87.4 cm³/mol. The van der Waals surface area contributed by atoms with E-state index in [1.165, 1.54) is 30.3 Å². The fourth-order valence-corrected chi connectivity index (χ4v) is 2.17. The van der Waals surface area contributed by atoms with E-state index in [2.05, 4.69) is 0 Å². The molecular formula is C18H15ClF2N2O. The van der Waals surface area contributed by atoms with Gasteiger partial charge in [0, 0.05) is 12.5 Å². The molecule has 0 spiro atoms. The maximum Gasteiger partial charge on any atom is 0.124 e. The number of nitrogens with zero attached hydrogens (tertiary/aromatic N) is 2. The van der Waals surface area contributed by atoms with Gasteiger partial charge in [-0.2, -0.15) is 10.5 Å². The zero-order valence-electron chi connectivity index (χ0n) is 12.8. The Morgan fingerprint density at radius 2 is 1.33 bits per heavy atom. The minimum Gasteiger partial charge on any atom is -0.396 e. The molecule has 0 unspecified atom stereocenters. The van der Waals surface area contributed by atoms with Crippen LogP contribution in [0, 0.1) is 34.3 Å². The molecule has 1 N–H and O–H groups in total. The van der Waals surface area contributed by atoms with E-state index in [9.17, 15) is 8.78 Å². The zero-order chi connectivity index (χ0) is 17.9. The number of aliphatic hydroxyl groups is 1. The Morgan fingerprint density at radius 3 is 1.71 bits per heavy atom. The fourth-order valence-electron chi connectivity index (χ4n) is 1.96. The Labute approximate surface area is 144 Å². The highest BCUT2D eigenvalue weighted by molar-refractivity contribution is 6.18. The van der Waals surface area contributed by atoms with E-state index < -0.39 is 5.82 Å². The largest absolute Gasteiger partial charge is 0.396 e. The van der Waals surface area contributed by atoms with Gasteiger partial charge in [-0.1, -0.05) is 12.1 Å². The maximum atomic E-state index is 12.6. The Bertz CT molecular complexity index is 701. The smallest absolute Gasteiger partial charge is 0.124 e. The van der Waals surface area contributed by atoms with Gasteiger partial charge in [-0.05, 0) is 48.2 Å². The Morgan fingerprint density at radius 1 is 0.875 bits per heavy atom. The van der Waals surface area contributed by atoms with Gasteiger partial charge in [0.15, 0.2) is 0 Å². The highest BCUT2D eigenvalue weighted by atomic mass is 35.5. The SMILES string of the molecule is N#Cc1cc(F)ccc1CCCl.N#Cc1cc(F)ccc1CCO. The van der Waals surface area contributed by atoms with Crippen LogP contribution in [0.5, 0.6) is 0 Å². The van der Waals surface area contributed by atoms with Crippen molar-refractivity contribution in [2.75, 3.05) is 12.5 Å². The van der Waals surface area contributed by atoms with E-state index in [1.54, 1.807) is 6.07 Å². The van der Waals surface area contributed by atoms with Crippen LogP contribution in [0.2, 0.25) is 0 Å². The molecular weight excluding hydrogens is 334 g/mol. The van der Waals surface area contributed by atoms with Crippen molar-refractivity contribution in [2.24, 2.45) is 0 Å². The van der Waals surface area contributed by atoms with Crippen LogP contribution in [-0.2, 0) is 12.8 Å². The average Bonchev–Trinajstić information content (AvgIpc) is 2.59. The Hall–Kier alpha value is -2.47. The molecule has 6 heteroatoms. The number of hydrogen-bond acceptors (Lipinski definition) is 3. The number of aryl methyl sites for hydroxylation is 1. The van der Waals surface area contributed by atoms with Crippen molar-refractivity contribution >= 4 is 11.6 Å². The first kappa shape index (κ1) is 19.6. The minimum atomic E-state index is -0.423. The van der Waals surface area contributed by atoms with Crippen LogP contribution >= 0.6 is 11.6 Å². The van der Waals surface area contributed by atoms with Crippen molar-refractivity contribution in [3.63, 3.8) is 0 Å². The molecule has 0 aliphatic rings. The summed E-state index contributed by atoms with van der Waals surface area (Å²) in [5.41, 5.74) is 2.15. The molecule has 3 nitrogen and oxygen atoms in total. The molecule has 0 heterocycles. The molecule has 0 saturated carbocycles. The van der Waals surface area contributed by atoms with Crippen LogP contribution in [-0.4, -0.2) is 17.6 Å². The third-order valence-corrected chi connectivity index (χ3v) is 3.32. The lowest BCUT2D eigenvalue weighted by Crippen LogP contribution is -1.95. The van der Waals surface area contributed by atoms with E-state index in [4.69, 9.17) is 27.2 Å². The summed E-state index contributed by atoms with van der Waals surface area (Å²) in [5, 5.41) is 25.8. The predicted octanol–water partition coefficient (Wildman–Crippen LogP) is 3.71. The molecule has 0 fully saturated rings. The molecule has 2 aromatic carbocycles. The molecule has 0 saturated heterocycles. The second-order valence-corrected chi connectivity index (χ2v) is 5.12. The van der Waals surface area contributed by atoms with Crippen LogP contribution in [0.15, 0.2) is 36.4 Å². The lowest BCUT2D eigenvalue weighted by Gasteiger charge is -2.00. The first-order valence-corrected chi connectivity index (χ1v) is 7.63. The van der Waals surface area contributed by atoms with Gasteiger partial charge in [0.25, 0.3) is 0 Å². The van der Waals surface area contributed by atoms with Crippen LogP contribution in [0.4, 0.5) is 8.78 Å². The number of aliphatic hydroxyl groups excluding tert-OH is 1. The van der Waals surface area contributed by atoms with E-state index >= 15 is 0 Å². The van der Waals surface area contributed by atoms with Crippen LogP contribution in [0.25, 0.3) is 0 Å². The molecule has 0 amide bonds. The first-order valence-electron chi connectivity index (χ1n) is 7.09. The summed E-state index contributed by atoms with van der Waals surface area (Å²) in [4.78, 5) is 0. The molecule has 0 bridgehead atoms. The van der Waals surface area contributed by atoms with Gasteiger partial charge in [0.05, 0.1) is 23.3 Å². The van der Waals surface area contributed by atoms with Crippen molar-refractivity contribution < 1.29 is 13.9 Å². The van der Waals surface area contributed by atoms with Crippen LogP contribution in [0.1, 0.15) is 22.3 Å². The molecule has 24 heavy (non-hydrogen) atoms. The molecule has 0 aliphatic heterocycles. The van der Waals surface area contributed by atoms with Crippen molar-refractivity contribution in [2.45, 2.75) is 12.8 Å². The lowest BCUT2D eigenvalue weighted by atomic mass is 10.1. The van der Waals surface area contributed by atoms with Gasteiger partial charge in [-0.3, -0.25) is 0 Å². The number of benzene rings is 2. The van der Waals surface area contributed by atoms with Crippen molar-refractivity contribution in [3.05, 3.63) is 70.3 Å². The zero-order valence-corrected chi connectivity index (χ0v) is 13.5. The summed E-state index contributed by atoms with van der Waals surface area (Å²) in [6, 6.07) is 11.9. The molecule has 0 aliphatic carbocycles. The summed E-state index contributed by atoms with van der Waals surface area (Å²) in [6.45, 7) is -0.0275. The van der Waals surface area contributed by atoms with E-state index in [0.717, 1.165) is 5.56 Å². The second-order valence-electron chi connectivity index (χ2n) is 4.74. The second kappa shape index (κ2) is 10.3. The topological polar surface area (TPSA) is 67.8 Å².